The van der Waals surface area contributed by atoms with Crippen LogP contribution in [0.3, 0.4) is 0 Å². The minimum atomic E-state index is -1.24. The van der Waals surface area contributed by atoms with E-state index < -0.39 is 12.0 Å². The third-order valence-corrected chi connectivity index (χ3v) is 3.54. The van der Waals surface area contributed by atoms with Crippen LogP contribution in [0.2, 0.25) is 0 Å². The highest BCUT2D eigenvalue weighted by Gasteiger charge is 2.18. The van der Waals surface area contributed by atoms with E-state index in [0.717, 1.165) is 10.9 Å². The summed E-state index contributed by atoms with van der Waals surface area (Å²) >= 11 is 0. The average Bonchev–Trinajstić information content (AvgIpc) is 3.09. The number of carbonyl (C=O) groups excluding carboxylic acids is 1. The van der Waals surface area contributed by atoms with E-state index in [-0.39, 0.29) is 13.2 Å². The van der Waals surface area contributed by atoms with E-state index in [9.17, 15) is 9.90 Å². The van der Waals surface area contributed by atoms with Gasteiger partial charge in [0.1, 0.15) is 0 Å². The molecule has 0 spiro atoms. The van der Waals surface area contributed by atoms with Gasteiger partial charge in [0.25, 0.3) is 5.91 Å². The monoisotopic (exact) mass is 362 g/mol. The zero-order chi connectivity index (χ0) is 18.6. The number of fused-ring (bicyclic) bond motifs is 1. The molecule has 9 nitrogen and oxygen atoms in total. The quantitative estimate of drug-likeness (QED) is 0.268. The Morgan fingerprint density at radius 3 is 2.58 bits per heavy atom. The summed E-state index contributed by atoms with van der Waals surface area (Å²) in [5, 5.41) is 14.3. The van der Waals surface area contributed by atoms with E-state index >= 15 is 0 Å². The van der Waals surface area contributed by atoms with E-state index in [1.807, 2.05) is 30.3 Å². The van der Waals surface area contributed by atoms with Gasteiger partial charge < -0.3 is 19.3 Å². The van der Waals surface area contributed by atoms with E-state index in [2.05, 4.69) is 10.0 Å². The number of aromatic nitrogens is 1. The molecule has 0 amide bonds. The first-order valence-corrected chi connectivity index (χ1v) is 8.26. The summed E-state index contributed by atoms with van der Waals surface area (Å²) in [4.78, 5) is 14.9. The first-order valence-electron chi connectivity index (χ1n) is 8.26. The molecule has 0 bridgehead atoms. The summed E-state index contributed by atoms with van der Waals surface area (Å²) in [6.07, 6.45) is 0.399. The smallest absolute Gasteiger partial charge is 0.262 e. The first kappa shape index (κ1) is 19.9. The molecule has 0 saturated carbocycles. The lowest BCUT2D eigenvalue weighted by Crippen LogP contribution is -2.31. The molecule has 2 rings (SSSR count). The molecule has 1 atom stereocenters. The number of rotatable bonds is 12. The van der Waals surface area contributed by atoms with Crippen molar-refractivity contribution in [2.75, 3.05) is 46.2 Å². The van der Waals surface area contributed by atoms with Gasteiger partial charge in [0.05, 0.1) is 45.2 Å². The van der Waals surface area contributed by atoms with Crippen LogP contribution in [-0.4, -0.2) is 67.9 Å². The van der Waals surface area contributed by atoms with Gasteiger partial charge in [-0.05, 0) is 17.7 Å². The van der Waals surface area contributed by atoms with Crippen molar-refractivity contribution in [2.24, 2.45) is 5.11 Å². The number of nitrogens with zero attached hydrogens (tertiary/aromatic N) is 4. The summed E-state index contributed by atoms with van der Waals surface area (Å²) in [5.74, 6) is -0.430. The Bertz CT molecular complexity index is 742. The topological polar surface area (TPSA) is 119 Å². The Labute approximate surface area is 150 Å². The summed E-state index contributed by atoms with van der Waals surface area (Å²) < 4.78 is 17.2. The van der Waals surface area contributed by atoms with Gasteiger partial charge in [-0.3, -0.25) is 9.36 Å². The summed E-state index contributed by atoms with van der Waals surface area (Å²) in [6, 6.07) is 9.28. The molecule has 9 heteroatoms. The Morgan fingerprint density at radius 1 is 1.12 bits per heavy atom. The molecule has 0 radical (unpaired) electrons. The minimum Gasteiger partial charge on any atom is -0.381 e. The maximum atomic E-state index is 12.3. The Balaban J connectivity index is 1.58. The molecule has 1 heterocycles. The van der Waals surface area contributed by atoms with Crippen molar-refractivity contribution in [1.82, 2.24) is 4.57 Å². The summed E-state index contributed by atoms with van der Waals surface area (Å²) in [7, 11) is 0. The van der Waals surface area contributed by atoms with E-state index in [0.29, 0.717) is 33.0 Å². The molecular formula is C17H22N4O5. The van der Waals surface area contributed by atoms with Gasteiger partial charge in [0, 0.05) is 23.0 Å². The van der Waals surface area contributed by atoms with Crippen LogP contribution in [0.5, 0.6) is 0 Å². The fraction of sp³-hybridized carbons (Fsp3) is 0.471. The van der Waals surface area contributed by atoms with Crippen molar-refractivity contribution in [3.63, 3.8) is 0 Å². The van der Waals surface area contributed by atoms with Gasteiger partial charge in [-0.1, -0.05) is 23.3 Å². The summed E-state index contributed by atoms with van der Waals surface area (Å²) in [6.45, 7) is 1.91. The lowest BCUT2D eigenvalue weighted by molar-refractivity contribution is -0.00741. The second-order valence-electron chi connectivity index (χ2n) is 5.35. The van der Waals surface area contributed by atoms with Crippen molar-refractivity contribution in [1.29, 1.82) is 0 Å². The molecule has 140 valence electrons. The minimum absolute atomic E-state index is 0.0998. The molecule has 0 aliphatic heterocycles. The lowest BCUT2D eigenvalue weighted by Gasteiger charge is -2.12. The number of aliphatic hydroxyl groups excluding tert-OH is 1. The number of ether oxygens (including phenoxy) is 3. The van der Waals surface area contributed by atoms with Gasteiger partial charge in [0.2, 0.25) is 0 Å². The average molecular weight is 362 g/mol. The molecule has 1 aromatic carbocycles. The standard InChI is InChI=1S/C17H22N4O5/c18-20-19-6-8-24-9-10-25-11-12-26-13-16(22)17(23)21-7-5-14-3-1-2-4-15(14)21/h1-5,7,16,22H,6,8-13H2. The first-order chi connectivity index (χ1) is 12.7. The van der Waals surface area contributed by atoms with Crippen LogP contribution in [0.4, 0.5) is 0 Å². The maximum absolute atomic E-state index is 12.3. The predicted octanol–water partition coefficient (Wildman–Crippen LogP) is 2.00. The van der Waals surface area contributed by atoms with E-state index in [1.54, 1.807) is 6.20 Å². The summed E-state index contributed by atoms with van der Waals surface area (Å²) in [5.41, 5.74) is 8.84. The number of benzene rings is 1. The molecule has 1 unspecified atom stereocenters. The number of para-hydroxylation sites is 1. The van der Waals surface area contributed by atoms with Crippen LogP contribution < -0.4 is 0 Å². The SMILES string of the molecule is [N-]=[N+]=NCCOCCOCCOCC(O)C(=O)n1ccc2ccccc21. The van der Waals surface area contributed by atoms with Crippen LogP contribution in [0.25, 0.3) is 21.3 Å². The fourth-order valence-corrected chi connectivity index (χ4v) is 2.29. The Morgan fingerprint density at radius 2 is 1.81 bits per heavy atom. The molecule has 2 aromatic rings. The molecule has 0 saturated heterocycles. The molecule has 1 aromatic heterocycles. The van der Waals surface area contributed by atoms with Gasteiger partial charge >= 0.3 is 0 Å². The van der Waals surface area contributed by atoms with E-state index in [1.165, 1.54) is 4.57 Å². The Kier molecular flexibility index (Phi) is 8.61. The van der Waals surface area contributed by atoms with Gasteiger partial charge in [-0.15, -0.1) is 0 Å². The molecule has 0 aliphatic rings. The molecular weight excluding hydrogens is 340 g/mol. The molecule has 1 N–H and O–H groups in total. The van der Waals surface area contributed by atoms with Crippen molar-refractivity contribution in [3.05, 3.63) is 47.0 Å². The van der Waals surface area contributed by atoms with Crippen molar-refractivity contribution < 1.29 is 24.1 Å². The van der Waals surface area contributed by atoms with E-state index in [4.69, 9.17) is 19.7 Å². The number of hydrogen-bond acceptors (Lipinski definition) is 6. The zero-order valence-corrected chi connectivity index (χ0v) is 14.4. The highest BCUT2D eigenvalue weighted by Crippen LogP contribution is 2.15. The van der Waals surface area contributed by atoms with Gasteiger partial charge in [-0.2, -0.15) is 0 Å². The van der Waals surface area contributed by atoms with Crippen LogP contribution in [0.1, 0.15) is 4.79 Å². The van der Waals surface area contributed by atoms with Gasteiger partial charge in [0.15, 0.2) is 6.10 Å². The van der Waals surface area contributed by atoms with Crippen LogP contribution >= 0.6 is 0 Å². The van der Waals surface area contributed by atoms with Crippen LogP contribution in [-0.2, 0) is 14.2 Å². The molecule has 0 fully saturated rings. The third-order valence-electron chi connectivity index (χ3n) is 3.54. The number of hydrogen-bond donors (Lipinski definition) is 1. The third kappa shape index (κ3) is 6.14. The fourth-order valence-electron chi connectivity index (χ4n) is 2.29. The Hall–Kier alpha value is -2.42. The number of carbonyl (C=O) groups is 1. The van der Waals surface area contributed by atoms with Crippen molar-refractivity contribution in [3.8, 4) is 0 Å². The van der Waals surface area contributed by atoms with Crippen molar-refractivity contribution in [2.45, 2.75) is 6.10 Å². The largest absolute Gasteiger partial charge is 0.381 e. The van der Waals surface area contributed by atoms with Gasteiger partial charge in [-0.25, -0.2) is 0 Å². The molecule has 0 aliphatic carbocycles. The number of azide groups is 1. The molecule has 26 heavy (non-hydrogen) atoms. The maximum Gasteiger partial charge on any atom is 0.262 e. The van der Waals surface area contributed by atoms with Crippen molar-refractivity contribution >= 4 is 16.8 Å². The lowest BCUT2D eigenvalue weighted by atomic mass is 10.2. The highest BCUT2D eigenvalue weighted by atomic mass is 16.5. The van der Waals surface area contributed by atoms with Crippen LogP contribution in [0, 0.1) is 0 Å². The highest BCUT2D eigenvalue weighted by molar-refractivity contribution is 5.94. The normalized spacial score (nSPS) is 12.0. The predicted molar refractivity (Wildman–Crippen MR) is 95.0 cm³/mol. The zero-order valence-electron chi connectivity index (χ0n) is 14.4. The second-order valence-corrected chi connectivity index (χ2v) is 5.35. The van der Waals surface area contributed by atoms with Crippen LogP contribution in [0.15, 0.2) is 41.6 Å². The second kappa shape index (κ2) is 11.2. The number of aliphatic hydroxyl groups is 1.